The van der Waals surface area contributed by atoms with Crippen molar-refractivity contribution in [3.63, 3.8) is 0 Å². The summed E-state index contributed by atoms with van der Waals surface area (Å²) in [7, 11) is 1.53. The Labute approximate surface area is 130 Å². The van der Waals surface area contributed by atoms with Crippen LogP contribution >= 0.6 is 0 Å². The first kappa shape index (κ1) is 16.8. The van der Waals surface area contributed by atoms with E-state index in [0.29, 0.717) is 11.3 Å². The van der Waals surface area contributed by atoms with Crippen molar-refractivity contribution in [2.75, 3.05) is 5.32 Å². The zero-order chi connectivity index (χ0) is 17.4. The van der Waals surface area contributed by atoms with Crippen LogP contribution in [0.4, 0.5) is 18.9 Å². The van der Waals surface area contributed by atoms with Gasteiger partial charge < -0.3 is 9.88 Å². The molecule has 0 aliphatic carbocycles. The summed E-state index contributed by atoms with van der Waals surface area (Å²) >= 11 is 0. The number of anilines is 1. The average Bonchev–Trinajstić information content (AvgIpc) is 2.44. The summed E-state index contributed by atoms with van der Waals surface area (Å²) < 4.78 is 39.4. The lowest BCUT2D eigenvalue weighted by Gasteiger charge is -2.12. The lowest BCUT2D eigenvalue weighted by atomic mass is 10.1. The number of aryl methyl sites for hydroxylation is 2. The third kappa shape index (κ3) is 3.44. The maximum absolute atomic E-state index is 12.7. The van der Waals surface area contributed by atoms with E-state index in [0.717, 1.165) is 12.1 Å². The van der Waals surface area contributed by atoms with Gasteiger partial charge in [0.25, 0.3) is 11.5 Å². The molecule has 4 nitrogen and oxygen atoms in total. The van der Waals surface area contributed by atoms with Gasteiger partial charge in [-0.25, -0.2) is 0 Å². The first-order valence-electron chi connectivity index (χ1n) is 6.77. The maximum Gasteiger partial charge on any atom is 0.416 e. The van der Waals surface area contributed by atoms with Gasteiger partial charge in [0.1, 0.15) is 5.56 Å². The molecule has 1 amide bonds. The van der Waals surface area contributed by atoms with E-state index in [1.807, 2.05) is 0 Å². The van der Waals surface area contributed by atoms with Crippen LogP contribution in [0.1, 0.15) is 27.2 Å². The van der Waals surface area contributed by atoms with E-state index in [1.54, 1.807) is 19.9 Å². The summed E-state index contributed by atoms with van der Waals surface area (Å²) in [6.45, 7) is 3.33. The molecule has 2 aromatic rings. The number of hydrogen-bond acceptors (Lipinski definition) is 2. The molecule has 7 heteroatoms. The minimum absolute atomic E-state index is 0.0214. The Hall–Kier alpha value is -2.57. The van der Waals surface area contributed by atoms with Crippen molar-refractivity contribution in [1.82, 2.24) is 4.57 Å². The quantitative estimate of drug-likeness (QED) is 0.922. The van der Waals surface area contributed by atoms with Gasteiger partial charge in [0.2, 0.25) is 0 Å². The topological polar surface area (TPSA) is 51.1 Å². The van der Waals surface area contributed by atoms with E-state index in [4.69, 9.17) is 0 Å². The molecule has 0 radical (unpaired) electrons. The first-order chi connectivity index (χ1) is 10.6. The van der Waals surface area contributed by atoms with Crippen molar-refractivity contribution >= 4 is 11.6 Å². The third-order valence-corrected chi connectivity index (χ3v) is 3.54. The third-order valence-electron chi connectivity index (χ3n) is 3.54. The fourth-order valence-corrected chi connectivity index (χ4v) is 2.22. The molecule has 0 fully saturated rings. The van der Waals surface area contributed by atoms with E-state index >= 15 is 0 Å². The molecule has 1 aromatic heterocycles. The van der Waals surface area contributed by atoms with Crippen LogP contribution in [0.15, 0.2) is 35.1 Å². The second-order valence-corrected chi connectivity index (χ2v) is 5.24. The zero-order valence-corrected chi connectivity index (χ0v) is 12.8. The Bertz CT molecular complexity index is 823. The average molecular weight is 324 g/mol. The summed E-state index contributed by atoms with van der Waals surface area (Å²) in [5.74, 6) is -0.734. The Morgan fingerprint density at radius 3 is 2.43 bits per heavy atom. The van der Waals surface area contributed by atoms with E-state index in [2.05, 4.69) is 5.32 Å². The summed E-state index contributed by atoms with van der Waals surface area (Å²) in [5.41, 5.74) is -0.323. The molecule has 0 bridgehead atoms. The number of benzene rings is 1. The standard InChI is InChI=1S/C16H15F3N2O2/c1-9-7-10(2)21(3)15(23)13(9)14(22)20-12-6-4-5-11(8-12)16(17,18)19/h4-8H,1-3H3,(H,20,22). The van der Waals surface area contributed by atoms with Crippen LogP contribution in [-0.2, 0) is 13.2 Å². The van der Waals surface area contributed by atoms with Crippen LogP contribution in [0.3, 0.4) is 0 Å². The molecule has 23 heavy (non-hydrogen) atoms. The number of nitrogens with one attached hydrogen (secondary N) is 1. The fourth-order valence-electron chi connectivity index (χ4n) is 2.22. The van der Waals surface area contributed by atoms with Crippen LogP contribution in [-0.4, -0.2) is 10.5 Å². The molecule has 0 atom stereocenters. The van der Waals surface area contributed by atoms with E-state index in [-0.39, 0.29) is 11.3 Å². The number of carbonyl (C=O) groups is 1. The number of halogens is 3. The number of pyridine rings is 1. The highest BCUT2D eigenvalue weighted by Crippen LogP contribution is 2.30. The van der Waals surface area contributed by atoms with E-state index in [1.165, 1.54) is 23.7 Å². The Morgan fingerprint density at radius 2 is 1.83 bits per heavy atom. The molecule has 0 saturated heterocycles. The number of aromatic nitrogens is 1. The number of amides is 1. The molecule has 0 aliphatic heterocycles. The number of nitrogens with zero attached hydrogens (tertiary/aromatic N) is 1. The van der Waals surface area contributed by atoms with Crippen molar-refractivity contribution in [3.05, 3.63) is 63.1 Å². The minimum atomic E-state index is -4.50. The van der Waals surface area contributed by atoms with Crippen molar-refractivity contribution < 1.29 is 18.0 Å². The van der Waals surface area contributed by atoms with Gasteiger partial charge in [0.15, 0.2) is 0 Å². The van der Waals surface area contributed by atoms with Crippen molar-refractivity contribution in [2.24, 2.45) is 7.05 Å². The molecule has 1 aromatic carbocycles. The van der Waals surface area contributed by atoms with Gasteiger partial charge in [-0.05, 0) is 43.7 Å². The van der Waals surface area contributed by atoms with Gasteiger partial charge in [0, 0.05) is 18.4 Å². The van der Waals surface area contributed by atoms with Crippen molar-refractivity contribution in [1.29, 1.82) is 0 Å². The van der Waals surface area contributed by atoms with Gasteiger partial charge in [0.05, 0.1) is 5.56 Å². The van der Waals surface area contributed by atoms with Crippen LogP contribution < -0.4 is 10.9 Å². The largest absolute Gasteiger partial charge is 0.416 e. The lowest BCUT2D eigenvalue weighted by Crippen LogP contribution is -2.30. The second kappa shape index (κ2) is 5.91. The monoisotopic (exact) mass is 324 g/mol. The van der Waals surface area contributed by atoms with E-state index < -0.39 is 23.2 Å². The molecule has 0 saturated carbocycles. The Kier molecular flexibility index (Phi) is 4.31. The van der Waals surface area contributed by atoms with Crippen molar-refractivity contribution in [3.8, 4) is 0 Å². The number of rotatable bonds is 2. The molecule has 0 aliphatic rings. The van der Waals surface area contributed by atoms with Gasteiger partial charge in [-0.15, -0.1) is 0 Å². The first-order valence-corrected chi connectivity index (χ1v) is 6.77. The zero-order valence-electron chi connectivity index (χ0n) is 12.8. The second-order valence-electron chi connectivity index (χ2n) is 5.24. The number of carbonyl (C=O) groups excluding carboxylic acids is 1. The smallest absolute Gasteiger partial charge is 0.322 e. The molecule has 0 spiro atoms. The fraction of sp³-hybridized carbons (Fsp3) is 0.250. The highest BCUT2D eigenvalue weighted by Gasteiger charge is 2.30. The highest BCUT2D eigenvalue weighted by molar-refractivity contribution is 6.05. The molecule has 1 heterocycles. The number of alkyl halides is 3. The van der Waals surface area contributed by atoms with Crippen LogP contribution in [0.2, 0.25) is 0 Å². The summed E-state index contributed by atoms with van der Waals surface area (Å²) in [4.78, 5) is 24.5. The van der Waals surface area contributed by atoms with Crippen LogP contribution in [0.5, 0.6) is 0 Å². The highest BCUT2D eigenvalue weighted by atomic mass is 19.4. The van der Waals surface area contributed by atoms with Crippen LogP contribution in [0, 0.1) is 13.8 Å². The summed E-state index contributed by atoms with van der Waals surface area (Å²) in [6.07, 6.45) is -4.50. The number of hydrogen-bond donors (Lipinski definition) is 1. The SMILES string of the molecule is Cc1cc(C)n(C)c(=O)c1C(=O)Nc1cccc(C(F)(F)F)c1. The molecular formula is C16H15F3N2O2. The molecule has 0 unspecified atom stereocenters. The molecule has 1 N–H and O–H groups in total. The Balaban J connectivity index is 2.38. The van der Waals surface area contributed by atoms with Gasteiger partial charge in [-0.3, -0.25) is 9.59 Å². The summed E-state index contributed by atoms with van der Waals surface area (Å²) in [6, 6.07) is 5.93. The Morgan fingerprint density at radius 1 is 1.17 bits per heavy atom. The van der Waals surface area contributed by atoms with E-state index in [9.17, 15) is 22.8 Å². The normalized spacial score (nSPS) is 11.4. The minimum Gasteiger partial charge on any atom is -0.322 e. The molecule has 122 valence electrons. The van der Waals surface area contributed by atoms with Gasteiger partial charge in [-0.1, -0.05) is 6.07 Å². The lowest BCUT2D eigenvalue weighted by molar-refractivity contribution is -0.137. The summed E-state index contributed by atoms with van der Waals surface area (Å²) in [5, 5.41) is 2.35. The predicted octanol–water partition coefficient (Wildman–Crippen LogP) is 3.27. The molecular weight excluding hydrogens is 309 g/mol. The van der Waals surface area contributed by atoms with Crippen LogP contribution in [0.25, 0.3) is 0 Å². The maximum atomic E-state index is 12.7. The van der Waals surface area contributed by atoms with Gasteiger partial charge >= 0.3 is 6.18 Å². The van der Waals surface area contributed by atoms with Crippen molar-refractivity contribution in [2.45, 2.75) is 20.0 Å². The molecule has 2 rings (SSSR count). The van der Waals surface area contributed by atoms with Gasteiger partial charge in [-0.2, -0.15) is 13.2 Å². The predicted molar refractivity (Wildman–Crippen MR) is 80.6 cm³/mol.